The largest absolute Gasteiger partial charge is 0.506 e. The van der Waals surface area contributed by atoms with Crippen LogP contribution in [0.1, 0.15) is 56.5 Å². The molecule has 0 heterocycles. The van der Waals surface area contributed by atoms with E-state index in [4.69, 9.17) is 4.74 Å². The van der Waals surface area contributed by atoms with E-state index in [1.165, 1.54) is 6.07 Å². The zero-order valence-corrected chi connectivity index (χ0v) is 15.8. The summed E-state index contributed by atoms with van der Waals surface area (Å²) in [6.45, 7) is 8.57. The summed E-state index contributed by atoms with van der Waals surface area (Å²) in [6, 6.07) is 9.89. The van der Waals surface area contributed by atoms with E-state index in [1.807, 2.05) is 20.8 Å². The zero-order chi connectivity index (χ0) is 19.3. The number of unbranched alkanes of at least 4 members (excludes halogenated alkanes) is 1. The molecule has 0 aliphatic rings. The SMILES string of the molecule is CCCCOc1ccc(C(=O)Nc2c(O)ccc(C(C)(C)C)c2O)cc1. The van der Waals surface area contributed by atoms with Crippen molar-refractivity contribution in [1.82, 2.24) is 0 Å². The van der Waals surface area contributed by atoms with Gasteiger partial charge in [-0.1, -0.05) is 40.2 Å². The number of hydrogen-bond donors (Lipinski definition) is 3. The van der Waals surface area contributed by atoms with Crippen molar-refractivity contribution < 1.29 is 19.7 Å². The van der Waals surface area contributed by atoms with Gasteiger partial charge in [-0.05, 0) is 42.2 Å². The molecule has 2 aromatic rings. The van der Waals surface area contributed by atoms with Gasteiger partial charge in [0.2, 0.25) is 0 Å². The number of carbonyl (C=O) groups excluding carboxylic acids is 1. The molecule has 0 saturated carbocycles. The van der Waals surface area contributed by atoms with Gasteiger partial charge in [0.05, 0.1) is 6.61 Å². The quantitative estimate of drug-likeness (QED) is 0.511. The molecule has 26 heavy (non-hydrogen) atoms. The number of aromatic hydroxyl groups is 2. The predicted octanol–water partition coefficient (Wildman–Crippen LogP) is 4.83. The molecule has 0 aromatic heterocycles. The van der Waals surface area contributed by atoms with Crippen molar-refractivity contribution in [2.75, 3.05) is 11.9 Å². The molecule has 2 rings (SSSR count). The van der Waals surface area contributed by atoms with Gasteiger partial charge in [0.1, 0.15) is 22.9 Å². The summed E-state index contributed by atoms with van der Waals surface area (Å²) in [4.78, 5) is 12.5. The number of nitrogens with one attached hydrogen (secondary N) is 1. The minimum Gasteiger partial charge on any atom is -0.506 e. The number of rotatable bonds is 6. The predicted molar refractivity (Wildman–Crippen MR) is 103 cm³/mol. The Hall–Kier alpha value is -2.69. The molecule has 0 aliphatic heterocycles. The van der Waals surface area contributed by atoms with Crippen LogP contribution in [0.3, 0.4) is 0 Å². The van der Waals surface area contributed by atoms with E-state index in [0.717, 1.165) is 12.8 Å². The van der Waals surface area contributed by atoms with Gasteiger partial charge in [0.25, 0.3) is 5.91 Å². The molecule has 0 atom stereocenters. The van der Waals surface area contributed by atoms with Crippen molar-refractivity contribution in [3.63, 3.8) is 0 Å². The highest BCUT2D eigenvalue weighted by Gasteiger charge is 2.23. The Kier molecular flexibility index (Phi) is 6.14. The molecule has 5 nitrogen and oxygen atoms in total. The number of anilines is 1. The number of carbonyl (C=O) groups is 1. The lowest BCUT2D eigenvalue weighted by atomic mass is 9.86. The number of ether oxygens (including phenoxy) is 1. The van der Waals surface area contributed by atoms with E-state index in [0.29, 0.717) is 23.5 Å². The summed E-state index contributed by atoms with van der Waals surface area (Å²) in [5.41, 5.74) is 0.748. The number of amides is 1. The van der Waals surface area contributed by atoms with Gasteiger partial charge in [-0.25, -0.2) is 0 Å². The minimum atomic E-state index is -0.415. The maximum atomic E-state index is 12.5. The lowest BCUT2D eigenvalue weighted by Crippen LogP contribution is -2.15. The molecule has 0 spiro atoms. The maximum absolute atomic E-state index is 12.5. The van der Waals surface area contributed by atoms with E-state index in [1.54, 1.807) is 30.3 Å². The summed E-state index contributed by atoms with van der Waals surface area (Å²) >= 11 is 0. The molecular weight excluding hydrogens is 330 g/mol. The van der Waals surface area contributed by atoms with Crippen LogP contribution in [0, 0.1) is 0 Å². The molecule has 140 valence electrons. The second-order valence-electron chi connectivity index (χ2n) is 7.29. The molecular formula is C21H27NO4. The monoisotopic (exact) mass is 357 g/mol. The fourth-order valence-corrected chi connectivity index (χ4v) is 2.53. The topological polar surface area (TPSA) is 78.8 Å². The number of hydrogen-bond acceptors (Lipinski definition) is 4. The first kappa shape index (κ1) is 19.6. The van der Waals surface area contributed by atoms with Crippen LogP contribution in [0.4, 0.5) is 5.69 Å². The normalized spacial score (nSPS) is 11.2. The smallest absolute Gasteiger partial charge is 0.255 e. The molecule has 0 saturated heterocycles. The molecule has 1 amide bonds. The third kappa shape index (κ3) is 4.69. The van der Waals surface area contributed by atoms with Crippen LogP contribution in [0.2, 0.25) is 0 Å². The highest BCUT2D eigenvalue weighted by molar-refractivity contribution is 6.06. The Labute approximate surface area is 154 Å². The fraction of sp³-hybridized carbons (Fsp3) is 0.381. The van der Waals surface area contributed by atoms with Crippen molar-refractivity contribution in [3.05, 3.63) is 47.5 Å². The Morgan fingerprint density at radius 3 is 2.31 bits per heavy atom. The highest BCUT2D eigenvalue weighted by Crippen LogP contribution is 2.41. The molecule has 0 fully saturated rings. The summed E-state index contributed by atoms with van der Waals surface area (Å²) < 4.78 is 5.58. The molecule has 5 heteroatoms. The minimum absolute atomic E-state index is 0.0192. The Bertz CT molecular complexity index is 761. The van der Waals surface area contributed by atoms with Crippen LogP contribution in [0.25, 0.3) is 0 Å². The van der Waals surface area contributed by atoms with Crippen molar-refractivity contribution >= 4 is 11.6 Å². The first-order valence-corrected chi connectivity index (χ1v) is 8.83. The molecule has 0 bridgehead atoms. The van der Waals surface area contributed by atoms with Gasteiger partial charge in [-0.15, -0.1) is 0 Å². The van der Waals surface area contributed by atoms with E-state index in [-0.39, 0.29) is 22.6 Å². The lowest BCUT2D eigenvalue weighted by molar-refractivity contribution is 0.102. The van der Waals surface area contributed by atoms with Crippen LogP contribution in [-0.2, 0) is 5.41 Å². The van der Waals surface area contributed by atoms with Crippen molar-refractivity contribution in [2.24, 2.45) is 0 Å². The molecule has 2 aromatic carbocycles. The van der Waals surface area contributed by atoms with Crippen LogP contribution >= 0.6 is 0 Å². The standard InChI is InChI=1S/C21H27NO4/c1-5-6-13-26-15-9-7-14(8-10-15)20(25)22-18-17(23)12-11-16(19(18)24)21(2,3)4/h7-12,23-24H,5-6,13H2,1-4H3,(H,22,25). The average molecular weight is 357 g/mol. The molecule has 0 unspecified atom stereocenters. The lowest BCUT2D eigenvalue weighted by Gasteiger charge is -2.22. The zero-order valence-electron chi connectivity index (χ0n) is 15.8. The van der Waals surface area contributed by atoms with Gasteiger partial charge < -0.3 is 20.3 Å². The highest BCUT2D eigenvalue weighted by atomic mass is 16.5. The fourth-order valence-electron chi connectivity index (χ4n) is 2.53. The van der Waals surface area contributed by atoms with Crippen LogP contribution < -0.4 is 10.1 Å². The van der Waals surface area contributed by atoms with E-state index in [9.17, 15) is 15.0 Å². The Morgan fingerprint density at radius 1 is 1.08 bits per heavy atom. The van der Waals surface area contributed by atoms with E-state index < -0.39 is 5.91 Å². The molecule has 0 radical (unpaired) electrons. The van der Waals surface area contributed by atoms with Gasteiger partial charge >= 0.3 is 0 Å². The summed E-state index contributed by atoms with van der Waals surface area (Å²) in [5, 5.41) is 23.1. The number of benzene rings is 2. The molecule has 3 N–H and O–H groups in total. The number of phenols is 2. The van der Waals surface area contributed by atoms with Crippen molar-refractivity contribution in [1.29, 1.82) is 0 Å². The van der Waals surface area contributed by atoms with Crippen molar-refractivity contribution in [3.8, 4) is 17.2 Å². The first-order chi connectivity index (χ1) is 12.2. The Balaban J connectivity index is 2.17. The third-order valence-corrected chi connectivity index (χ3v) is 4.09. The van der Waals surface area contributed by atoms with Crippen LogP contribution in [0.15, 0.2) is 36.4 Å². The third-order valence-electron chi connectivity index (χ3n) is 4.09. The van der Waals surface area contributed by atoms with Gasteiger partial charge in [0, 0.05) is 11.1 Å². The first-order valence-electron chi connectivity index (χ1n) is 8.83. The summed E-state index contributed by atoms with van der Waals surface area (Å²) in [7, 11) is 0. The van der Waals surface area contributed by atoms with Crippen molar-refractivity contribution in [2.45, 2.75) is 46.0 Å². The average Bonchev–Trinajstić information content (AvgIpc) is 2.58. The number of phenolic OH excluding ortho intramolecular Hbond substituents is 2. The second-order valence-corrected chi connectivity index (χ2v) is 7.29. The summed E-state index contributed by atoms with van der Waals surface area (Å²) in [6.07, 6.45) is 2.03. The van der Waals surface area contributed by atoms with Gasteiger partial charge in [0.15, 0.2) is 0 Å². The van der Waals surface area contributed by atoms with Crippen LogP contribution in [0.5, 0.6) is 17.2 Å². The molecule has 0 aliphatic carbocycles. The van der Waals surface area contributed by atoms with Crippen LogP contribution in [-0.4, -0.2) is 22.7 Å². The van der Waals surface area contributed by atoms with E-state index in [2.05, 4.69) is 12.2 Å². The Morgan fingerprint density at radius 2 is 1.73 bits per heavy atom. The maximum Gasteiger partial charge on any atom is 0.255 e. The summed E-state index contributed by atoms with van der Waals surface area (Å²) in [5.74, 6) is -0.00840. The van der Waals surface area contributed by atoms with E-state index >= 15 is 0 Å². The second kappa shape index (κ2) is 8.13. The van der Waals surface area contributed by atoms with Gasteiger partial charge in [-0.3, -0.25) is 4.79 Å². The van der Waals surface area contributed by atoms with Gasteiger partial charge in [-0.2, -0.15) is 0 Å².